The van der Waals surface area contributed by atoms with E-state index in [1.807, 2.05) is 0 Å². The highest BCUT2D eigenvalue weighted by Gasteiger charge is 2.44. The molecule has 25 heavy (non-hydrogen) atoms. The van der Waals surface area contributed by atoms with Crippen LogP contribution in [0.2, 0.25) is 0 Å². The number of halogens is 3. The van der Waals surface area contributed by atoms with E-state index in [0.717, 1.165) is 13.1 Å². The SMILES string of the molecule is Cl.O=C(N[C@H]1C[C@H]2CNC[C@H]2C[C@@H]1O)c1ccc2c(c1)OC(F)(F)O2. The van der Waals surface area contributed by atoms with Crippen molar-refractivity contribution in [3.8, 4) is 11.5 Å². The maximum atomic E-state index is 13.0. The Morgan fingerprint density at radius 3 is 2.64 bits per heavy atom. The average Bonchev–Trinajstić information content (AvgIpc) is 3.08. The van der Waals surface area contributed by atoms with Crippen LogP contribution < -0.4 is 20.1 Å². The van der Waals surface area contributed by atoms with Crippen molar-refractivity contribution in [2.75, 3.05) is 13.1 Å². The van der Waals surface area contributed by atoms with Gasteiger partial charge in [0.05, 0.1) is 12.1 Å². The molecule has 9 heteroatoms. The molecule has 0 aromatic heterocycles. The maximum Gasteiger partial charge on any atom is 0.586 e. The van der Waals surface area contributed by atoms with E-state index < -0.39 is 18.3 Å². The first-order valence-corrected chi connectivity index (χ1v) is 8.01. The Morgan fingerprint density at radius 1 is 1.20 bits per heavy atom. The highest BCUT2D eigenvalue weighted by atomic mass is 35.5. The number of carbonyl (C=O) groups is 1. The standard InChI is InChI=1S/C16H18F2N2O4.ClH/c17-16(18)23-13-2-1-8(5-14(13)24-16)15(22)20-11-3-9-6-19-7-10(9)4-12(11)21;/h1-2,5,9-12,19,21H,3-4,6-7H2,(H,20,22);1H/t9-,10+,11-,12-;/m0./s1. The van der Waals surface area contributed by atoms with Gasteiger partial charge in [-0.1, -0.05) is 0 Å². The number of ether oxygens (including phenoxy) is 2. The van der Waals surface area contributed by atoms with Gasteiger partial charge in [0.1, 0.15) is 0 Å². The van der Waals surface area contributed by atoms with Crippen LogP contribution in [-0.2, 0) is 0 Å². The number of aliphatic hydroxyl groups excluding tert-OH is 1. The molecule has 0 radical (unpaired) electrons. The number of hydrogen-bond donors (Lipinski definition) is 3. The molecular weight excluding hydrogens is 358 g/mol. The average molecular weight is 377 g/mol. The van der Waals surface area contributed by atoms with Crippen LogP contribution in [-0.4, -0.2) is 42.5 Å². The molecule has 4 atom stereocenters. The van der Waals surface area contributed by atoms with E-state index in [0.29, 0.717) is 24.7 Å². The van der Waals surface area contributed by atoms with Gasteiger partial charge in [-0.05, 0) is 56.0 Å². The summed E-state index contributed by atoms with van der Waals surface area (Å²) >= 11 is 0. The lowest BCUT2D eigenvalue weighted by molar-refractivity contribution is -0.286. The summed E-state index contributed by atoms with van der Waals surface area (Å²) in [5.74, 6) is 0.186. The summed E-state index contributed by atoms with van der Waals surface area (Å²) in [6.07, 6.45) is -2.96. The highest BCUT2D eigenvalue weighted by Crippen LogP contribution is 2.41. The lowest BCUT2D eigenvalue weighted by atomic mass is 9.77. The van der Waals surface area contributed by atoms with Crippen LogP contribution in [0.15, 0.2) is 18.2 Å². The number of alkyl halides is 2. The summed E-state index contributed by atoms with van der Waals surface area (Å²) in [5.41, 5.74) is 0.189. The molecule has 0 bridgehead atoms. The number of aliphatic hydroxyl groups is 1. The molecule has 1 amide bonds. The van der Waals surface area contributed by atoms with Crippen LogP contribution in [0.1, 0.15) is 23.2 Å². The van der Waals surface area contributed by atoms with Gasteiger partial charge in [-0.25, -0.2) is 0 Å². The van der Waals surface area contributed by atoms with Crippen molar-refractivity contribution in [2.24, 2.45) is 11.8 Å². The topological polar surface area (TPSA) is 79.8 Å². The number of hydrogen-bond acceptors (Lipinski definition) is 5. The Kier molecular flexibility index (Phi) is 4.78. The number of amides is 1. The van der Waals surface area contributed by atoms with Gasteiger partial charge in [-0.3, -0.25) is 4.79 Å². The third-order valence-corrected chi connectivity index (χ3v) is 5.03. The van der Waals surface area contributed by atoms with Gasteiger partial charge in [0.25, 0.3) is 5.91 Å². The molecule has 1 aromatic rings. The predicted molar refractivity (Wildman–Crippen MR) is 86.2 cm³/mol. The van der Waals surface area contributed by atoms with E-state index in [9.17, 15) is 18.7 Å². The minimum Gasteiger partial charge on any atom is -0.395 e. The minimum absolute atomic E-state index is 0. The van der Waals surface area contributed by atoms with Crippen molar-refractivity contribution in [1.29, 1.82) is 0 Å². The summed E-state index contributed by atoms with van der Waals surface area (Å²) in [6.45, 7) is 1.79. The Bertz CT molecular complexity index is 676. The second-order valence-corrected chi connectivity index (χ2v) is 6.63. The van der Waals surface area contributed by atoms with Gasteiger partial charge >= 0.3 is 6.29 Å². The maximum absolute atomic E-state index is 13.0. The molecule has 6 nitrogen and oxygen atoms in total. The van der Waals surface area contributed by atoms with Crippen LogP contribution >= 0.6 is 12.4 Å². The van der Waals surface area contributed by atoms with Crippen molar-refractivity contribution < 1.29 is 28.2 Å². The lowest BCUT2D eigenvalue weighted by Crippen LogP contribution is -2.49. The fraction of sp³-hybridized carbons (Fsp3) is 0.562. The van der Waals surface area contributed by atoms with E-state index in [2.05, 4.69) is 20.1 Å². The summed E-state index contributed by atoms with van der Waals surface area (Å²) < 4.78 is 34.7. The molecule has 0 unspecified atom stereocenters. The first-order valence-electron chi connectivity index (χ1n) is 8.01. The number of carbonyl (C=O) groups excluding carboxylic acids is 1. The van der Waals surface area contributed by atoms with Crippen molar-refractivity contribution in [1.82, 2.24) is 10.6 Å². The second kappa shape index (κ2) is 6.59. The molecule has 2 heterocycles. The van der Waals surface area contributed by atoms with E-state index in [4.69, 9.17) is 0 Å². The minimum atomic E-state index is -3.71. The molecule has 1 saturated carbocycles. The van der Waals surface area contributed by atoms with E-state index >= 15 is 0 Å². The zero-order valence-electron chi connectivity index (χ0n) is 13.2. The normalized spacial score (nSPS) is 31.8. The molecule has 1 saturated heterocycles. The number of fused-ring (bicyclic) bond motifs is 2. The van der Waals surface area contributed by atoms with E-state index in [1.54, 1.807) is 0 Å². The van der Waals surface area contributed by atoms with E-state index in [-0.39, 0.29) is 35.5 Å². The lowest BCUT2D eigenvalue weighted by Gasteiger charge is -2.35. The molecular formula is C16H19ClF2N2O4. The Morgan fingerprint density at radius 2 is 1.88 bits per heavy atom. The molecule has 0 spiro atoms. The fourth-order valence-corrected chi connectivity index (χ4v) is 3.79. The van der Waals surface area contributed by atoms with Crippen molar-refractivity contribution in [3.05, 3.63) is 23.8 Å². The monoisotopic (exact) mass is 376 g/mol. The Balaban J connectivity index is 0.00000182. The van der Waals surface area contributed by atoms with Crippen LogP contribution in [0.3, 0.4) is 0 Å². The summed E-state index contributed by atoms with van der Waals surface area (Å²) in [6, 6.07) is 3.55. The summed E-state index contributed by atoms with van der Waals surface area (Å²) in [4.78, 5) is 12.4. The molecule has 3 N–H and O–H groups in total. The van der Waals surface area contributed by atoms with Gasteiger partial charge in [0, 0.05) is 5.56 Å². The third kappa shape index (κ3) is 3.51. The van der Waals surface area contributed by atoms with Crippen molar-refractivity contribution in [3.63, 3.8) is 0 Å². The predicted octanol–water partition coefficient (Wildman–Crippen LogP) is 1.52. The second-order valence-electron chi connectivity index (χ2n) is 6.63. The van der Waals surface area contributed by atoms with Gasteiger partial charge in [0.15, 0.2) is 11.5 Å². The third-order valence-electron chi connectivity index (χ3n) is 5.03. The van der Waals surface area contributed by atoms with Gasteiger partial charge in [-0.2, -0.15) is 0 Å². The van der Waals surface area contributed by atoms with Crippen LogP contribution in [0, 0.1) is 11.8 Å². The van der Waals surface area contributed by atoms with Gasteiger partial charge < -0.3 is 25.2 Å². The highest BCUT2D eigenvalue weighted by molar-refractivity contribution is 5.95. The molecule has 2 fully saturated rings. The first kappa shape index (κ1) is 18.2. The van der Waals surface area contributed by atoms with Crippen LogP contribution in [0.5, 0.6) is 11.5 Å². The Labute approximate surface area is 149 Å². The van der Waals surface area contributed by atoms with E-state index in [1.165, 1.54) is 18.2 Å². The molecule has 138 valence electrons. The molecule has 1 aliphatic carbocycles. The van der Waals surface area contributed by atoms with Crippen LogP contribution in [0.25, 0.3) is 0 Å². The fourth-order valence-electron chi connectivity index (χ4n) is 3.79. The van der Waals surface area contributed by atoms with Crippen molar-refractivity contribution >= 4 is 18.3 Å². The van der Waals surface area contributed by atoms with Crippen LogP contribution in [0.4, 0.5) is 8.78 Å². The Hall–Kier alpha value is -1.64. The molecule has 4 rings (SSSR count). The quantitative estimate of drug-likeness (QED) is 0.729. The number of benzene rings is 1. The molecule has 2 aliphatic heterocycles. The zero-order chi connectivity index (χ0) is 16.9. The smallest absolute Gasteiger partial charge is 0.395 e. The summed E-state index contributed by atoms with van der Waals surface area (Å²) in [7, 11) is 0. The molecule has 3 aliphatic rings. The van der Waals surface area contributed by atoms with Crippen molar-refractivity contribution in [2.45, 2.75) is 31.3 Å². The zero-order valence-corrected chi connectivity index (χ0v) is 14.0. The largest absolute Gasteiger partial charge is 0.586 e. The van der Waals surface area contributed by atoms with Gasteiger partial charge in [0.2, 0.25) is 0 Å². The molecule has 1 aromatic carbocycles. The number of rotatable bonds is 2. The van der Waals surface area contributed by atoms with Gasteiger partial charge in [-0.15, -0.1) is 21.2 Å². The first-order chi connectivity index (χ1) is 11.4. The number of nitrogens with one attached hydrogen (secondary N) is 2. The summed E-state index contributed by atoms with van der Waals surface area (Å²) in [5, 5.41) is 16.4.